The number of para-hydroxylation sites is 2. The number of benzene rings is 1. The molecule has 0 saturated heterocycles. The molecule has 0 saturated carbocycles. The number of rotatable bonds is 12. The molecule has 0 fully saturated rings. The van der Waals surface area contributed by atoms with Crippen LogP contribution in [-0.4, -0.2) is 34.7 Å². The number of fused-ring (bicyclic) bond motifs is 1. The van der Waals surface area contributed by atoms with E-state index >= 15 is 0 Å². The molecular formula is C21H31N3O4. The zero-order valence-electron chi connectivity index (χ0n) is 16.9. The Kier molecular flexibility index (Phi) is 8.78. The average Bonchev–Trinajstić information content (AvgIpc) is 2.97. The van der Waals surface area contributed by atoms with Crippen molar-refractivity contribution >= 4 is 22.9 Å². The van der Waals surface area contributed by atoms with E-state index in [2.05, 4.69) is 10.1 Å². The Morgan fingerprint density at radius 1 is 0.964 bits per heavy atom. The highest BCUT2D eigenvalue weighted by Gasteiger charge is 2.13. The van der Waals surface area contributed by atoms with E-state index in [0.29, 0.717) is 26.1 Å². The number of hydrogen-bond donors (Lipinski definition) is 1. The molecule has 1 N–H and O–H groups in total. The summed E-state index contributed by atoms with van der Waals surface area (Å²) in [5, 5.41) is 2.91. The number of nitrogens with one attached hydrogen (secondary N) is 1. The summed E-state index contributed by atoms with van der Waals surface area (Å²) in [6.07, 6.45) is 5.20. The normalized spacial score (nSPS) is 10.9. The lowest BCUT2D eigenvalue weighted by atomic mass is 10.1. The van der Waals surface area contributed by atoms with Crippen molar-refractivity contribution in [1.82, 2.24) is 14.5 Å². The minimum atomic E-state index is -0.177. The van der Waals surface area contributed by atoms with Crippen LogP contribution in [0.3, 0.4) is 0 Å². The number of ether oxygens (including phenoxy) is 1. The van der Waals surface area contributed by atoms with E-state index in [-0.39, 0.29) is 24.0 Å². The Morgan fingerprint density at radius 3 is 2.25 bits per heavy atom. The number of nitrogens with zero attached hydrogens (tertiary/aromatic N) is 2. The summed E-state index contributed by atoms with van der Waals surface area (Å²) in [6.45, 7) is 3.71. The molecule has 28 heavy (non-hydrogen) atoms. The van der Waals surface area contributed by atoms with Crippen LogP contribution in [-0.2, 0) is 27.4 Å². The van der Waals surface area contributed by atoms with E-state index in [9.17, 15) is 14.4 Å². The molecule has 0 atom stereocenters. The molecule has 0 aliphatic carbocycles. The molecule has 0 spiro atoms. The molecule has 154 valence electrons. The predicted molar refractivity (Wildman–Crippen MR) is 109 cm³/mol. The largest absolute Gasteiger partial charge is 0.469 e. The maximum atomic E-state index is 12.7. The van der Waals surface area contributed by atoms with E-state index in [4.69, 9.17) is 0 Å². The highest BCUT2D eigenvalue weighted by molar-refractivity contribution is 5.78. The van der Waals surface area contributed by atoms with Gasteiger partial charge in [0.1, 0.15) is 0 Å². The van der Waals surface area contributed by atoms with Gasteiger partial charge in [-0.05, 0) is 31.4 Å². The van der Waals surface area contributed by atoms with E-state index < -0.39 is 0 Å². The molecule has 1 aromatic heterocycles. The number of esters is 1. The average molecular weight is 389 g/mol. The lowest BCUT2D eigenvalue weighted by Crippen LogP contribution is -2.29. The van der Waals surface area contributed by atoms with E-state index in [0.717, 1.165) is 43.1 Å². The van der Waals surface area contributed by atoms with Crippen molar-refractivity contribution < 1.29 is 14.3 Å². The van der Waals surface area contributed by atoms with Crippen molar-refractivity contribution in [2.24, 2.45) is 0 Å². The maximum absolute atomic E-state index is 12.7. The van der Waals surface area contributed by atoms with Gasteiger partial charge in [0.25, 0.3) is 0 Å². The molecule has 1 aromatic carbocycles. The number of carbonyl (C=O) groups is 2. The minimum absolute atomic E-state index is 0.0474. The van der Waals surface area contributed by atoms with Crippen LogP contribution < -0.4 is 11.0 Å². The third kappa shape index (κ3) is 5.97. The molecule has 0 unspecified atom stereocenters. The van der Waals surface area contributed by atoms with Gasteiger partial charge in [0.05, 0.1) is 18.1 Å². The Bertz CT molecular complexity index is 838. The van der Waals surface area contributed by atoms with Gasteiger partial charge in [-0.25, -0.2) is 4.79 Å². The standard InChI is InChI=1S/C21H31N3O4/c1-3-15-23-17-10-7-8-11-18(17)24(21(23)27)16-13-19(25)22-14-9-5-4-6-12-20(26)28-2/h7-8,10-11H,3-6,9,12-16H2,1-2H3,(H,22,25). The molecule has 2 rings (SSSR count). The maximum Gasteiger partial charge on any atom is 0.329 e. The molecule has 2 aromatic rings. The van der Waals surface area contributed by atoms with Crippen LogP contribution in [0.4, 0.5) is 0 Å². The van der Waals surface area contributed by atoms with Crippen LogP contribution in [0, 0.1) is 0 Å². The van der Waals surface area contributed by atoms with Crippen molar-refractivity contribution in [2.75, 3.05) is 13.7 Å². The van der Waals surface area contributed by atoms with Crippen LogP contribution in [0.2, 0.25) is 0 Å². The first-order chi connectivity index (χ1) is 13.6. The molecule has 1 amide bonds. The van der Waals surface area contributed by atoms with Gasteiger partial charge in [-0.1, -0.05) is 31.9 Å². The fourth-order valence-electron chi connectivity index (χ4n) is 3.31. The Balaban J connectivity index is 1.77. The first-order valence-corrected chi connectivity index (χ1v) is 10.1. The molecule has 0 aliphatic rings. The van der Waals surface area contributed by atoms with Crippen molar-refractivity contribution in [3.8, 4) is 0 Å². The number of carbonyl (C=O) groups excluding carboxylic acids is 2. The molecule has 7 nitrogen and oxygen atoms in total. The van der Waals surface area contributed by atoms with Gasteiger partial charge in [0.2, 0.25) is 5.91 Å². The zero-order valence-corrected chi connectivity index (χ0v) is 16.9. The first-order valence-electron chi connectivity index (χ1n) is 10.1. The van der Waals surface area contributed by atoms with Crippen molar-refractivity contribution in [3.05, 3.63) is 34.7 Å². The first kappa shape index (κ1) is 21.7. The predicted octanol–water partition coefficient (Wildman–Crippen LogP) is 2.84. The SMILES string of the molecule is CCCn1c(=O)n(CCC(=O)NCCCCCCC(=O)OC)c2ccccc21. The Hall–Kier alpha value is -2.57. The lowest BCUT2D eigenvalue weighted by molar-refractivity contribution is -0.140. The van der Waals surface area contributed by atoms with Crippen molar-refractivity contribution in [1.29, 1.82) is 0 Å². The monoisotopic (exact) mass is 389 g/mol. The molecule has 0 bridgehead atoms. The number of aryl methyl sites for hydroxylation is 2. The second-order valence-corrected chi connectivity index (χ2v) is 6.91. The Labute approximate surface area is 165 Å². The summed E-state index contributed by atoms with van der Waals surface area (Å²) in [6, 6.07) is 7.71. The number of imidazole rings is 1. The summed E-state index contributed by atoms with van der Waals surface area (Å²) in [5.74, 6) is -0.224. The van der Waals surface area contributed by atoms with E-state index in [1.807, 2.05) is 31.2 Å². The summed E-state index contributed by atoms with van der Waals surface area (Å²) in [7, 11) is 1.40. The Morgan fingerprint density at radius 2 is 1.61 bits per heavy atom. The van der Waals surface area contributed by atoms with Gasteiger partial charge in [-0.2, -0.15) is 0 Å². The van der Waals surface area contributed by atoms with E-state index in [1.54, 1.807) is 9.13 Å². The fraction of sp³-hybridized carbons (Fsp3) is 0.571. The molecule has 0 aliphatic heterocycles. The van der Waals surface area contributed by atoms with Crippen LogP contribution in [0.25, 0.3) is 11.0 Å². The number of methoxy groups -OCH3 is 1. The van der Waals surface area contributed by atoms with Crippen LogP contribution >= 0.6 is 0 Å². The molecule has 1 heterocycles. The van der Waals surface area contributed by atoms with Crippen molar-refractivity contribution in [2.45, 2.75) is 65.0 Å². The van der Waals surface area contributed by atoms with Gasteiger partial charge in [-0.3, -0.25) is 18.7 Å². The van der Waals surface area contributed by atoms with Gasteiger partial charge in [-0.15, -0.1) is 0 Å². The zero-order chi connectivity index (χ0) is 20.4. The number of hydrogen-bond acceptors (Lipinski definition) is 4. The second-order valence-electron chi connectivity index (χ2n) is 6.91. The second kappa shape index (κ2) is 11.3. The van der Waals surface area contributed by atoms with Gasteiger partial charge in [0.15, 0.2) is 0 Å². The summed E-state index contributed by atoms with van der Waals surface area (Å²) in [5.41, 5.74) is 1.74. The number of aromatic nitrogens is 2. The molecule has 7 heteroatoms. The fourth-order valence-corrected chi connectivity index (χ4v) is 3.31. The van der Waals surface area contributed by atoms with Crippen LogP contribution in [0.15, 0.2) is 29.1 Å². The number of amides is 1. The minimum Gasteiger partial charge on any atom is -0.469 e. The third-order valence-corrected chi connectivity index (χ3v) is 4.79. The molecular weight excluding hydrogens is 358 g/mol. The summed E-state index contributed by atoms with van der Waals surface area (Å²) < 4.78 is 8.07. The number of unbranched alkanes of at least 4 members (excludes halogenated alkanes) is 3. The van der Waals surface area contributed by atoms with Gasteiger partial charge < -0.3 is 10.1 Å². The third-order valence-electron chi connectivity index (χ3n) is 4.79. The highest BCUT2D eigenvalue weighted by atomic mass is 16.5. The van der Waals surface area contributed by atoms with E-state index in [1.165, 1.54) is 7.11 Å². The van der Waals surface area contributed by atoms with Crippen LogP contribution in [0.1, 0.15) is 51.9 Å². The highest BCUT2D eigenvalue weighted by Crippen LogP contribution is 2.13. The smallest absolute Gasteiger partial charge is 0.329 e. The summed E-state index contributed by atoms with van der Waals surface area (Å²) >= 11 is 0. The van der Waals surface area contributed by atoms with Gasteiger partial charge >= 0.3 is 11.7 Å². The van der Waals surface area contributed by atoms with Gasteiger partial charge in [0, 0.05) is 32.5 Å². The van der Waals surface area contributed by atoms with Crippen molar-refractivity contribution in [3.63, 3.8) is 0 Å². The van der Waals surface area contributed by atoms with Crippen LogP contribution in [0.5, 0.6) is 0 Å². The molecule has 0 radical (unpaired) electrons. The quantitative estimate of drug-likeness (QED) is 0.447. The topological polar surface area (TPSA) is 82.3 Å². The summed E-state index contributed by atoms with van der Waals surface area (Å²) in [4.78, 5) is 35.8. The lowest BCUT2D eigenvalue weighted by Gasteiger charge is -2.06.